The second-order valence-electron chi connectivity index (χ2n) is 2.26. The second-order valence-corrected chi connectivity index (χ2v) is 3.14. The van der Waals surface area contributed by atoms with Gasteiger partial charge < -0.3 is 0 Å². The van der Waals surface area contributed by atoms with Crippen LogP contribution in [-0.2, 0) is 15.1 Å². The van der Waals surface area contributed by atoms with Gasteiger partial charge in [-0.15, -0.1) is 0 Å². The Labute approximate surface area is 76.5 Å². The lowest BCUT2D eigenvalue weighted by Gasteiger charge is -1.95. The third-order valence-electron chi connectivity index (χ3n) is 1.41. The zero-order valence-corrected chi connectivity index (χ0v) is 7.34. The number of amides is 1. The highest BCUT2D eigenvalue weighted by Crippen LogP contribution is 1.99. The Bertz CT molecular complexity index is 440. The highest BCUT2D eigenvalue weighted by molar-refractivity contribution is 7.75. The molecule has 0 heterocycles. The molecule has 1 aromatic rings. The van der Waals surface area contributed by atoms with Crippen molar-refractivity contribution in [1.29, 1.82) is 0 Å². The molecular weight excluding hydrogens is 190 g/mol. The molecule has 1 rings (SSSR count). The van der Waals surface area contributed by atoms with Gasteiger partial charge in [-0.3, -0.25) is 10.5 Å². The minimum absolute atomic E-state index is 0.246. The van der Waals surface area contributed by atoms with Gasteiger partial charge >= 0.3 is 0 Å². The topological polar surface area (TPSA) is 75.0 Å². The predicted molar refractivity (Wildman–Crippen MR) is 47.6 cm³/mol. The smallest absolute Gasteiger partial charge is 0.266 e. The van der Waals surface area contributed by atoms with Gasteiger partial charge in [0, 0.05) is 5.56 Å². The van der Waals surface area contributed by atoms with Crippen molar-refractivity contribution in [3.8, 4) is 0 Å². The van der Waals surface area contributed by atoms with Crippen molar-refractivity contribution in [3.05, 3.63) is 35.9 Å². The second kappa shape index (κ2) is 3.86. The number of carbonyl (C=O) groups excluding carboxylic acids is 1. The van der Waals surface area contributed by atoms with E-state index in [9.17, 15) is 13.2 Å². The van der Waals surface area contributed by atoms with Crippen molar-refractivity contribution in [1.82, 2.24) is 5.73 Å². The number of hydrogen-bond donors (Lipinski definition) is 0. The molecule has 5 heteroatoms. The van der Waals surface area contributed by atoms with E-state index in [4.69, 9.17) is 5.73 Å². The van der Waals surface area contributed by atoms with Crippen LogP contribution in [0, 0.1) is 0 Å². The highest BCUT2D eigenvalue weighted by Gasteiger charge is 2.11. The molecular formula is C8H6NO3S. The Hall–Kier alpha value is -1.62. The molecule has 0 atom stereocenters. The lowest BCUT2D eigenvalue weighted by Crippen LogP contribution is -2.16. The van der Waals surface area contributed by atoms with Gasteiger partial charge in [-0.05, 0) is 0 Å². The molecule has 1 N–H and O–H groups in total. The van der Waals surface area contributed by atoms with E-state index in [0.29, 0.717) is 0 Å². The van der Waals surface area contributed by atoms with Gasteiger partial charge in [0.1, 0.15) is 0 Å². The summed E-state index contributed by atoms with van der Waals surface area (Å²) in [6.45, 7) is 0. The largest absolute Gasteiger partial charge is 0.285 e. The van der Waals surface area contributed by atoms with E-state index in [1.807, 2.05) is 0 Å². The minimum atomic E-state index is -2.65. The Morgan fingerprint density at radius 2 is 1.69 bits per heavy atom. The maximum Gasteiger partial charge on any atom is 0.285 e. The Morgan fingerprint density at radius 1 is 1.15 bits per heavy atom. The van der Waals surface area contributed by atoms with Gasteiger partial charge in [-0.25, -0.2) is 0 Å². The molecule has 1 aromatic carbocycles. The fraction of sp³-hybridized carbons (Fsp3) is 0. The number of carbonyl (C=O) groups is 1. The fourth-order valence-corrected chi connectivity index (χ4v) is 1.37. The maximum absolute atomic E-state index is 10.6. The van der Waals surface area contributed by atoms with Crippen molar-refractivity contribution < 1.29 is 13.2 Å². The third kappa shape index (κ3) is 2.16. The van der Waals surface area contributed by atoms with Crippen LogP contribution in [0.1, 0.15) is 5.56 Å². The quantitative estimate of drug-likeness (QED) is 0.489. The van der Waals surface area contributed by atoms with Crippen molar-refractivity contribution in [2.45, 2.75) is 0 Å². The minimum Gasteiger partial charge on any atom is -0.266 e. The fourth-order valence-electron chi connectivity index (χ4n) is 0.893. The summed E-state index contributed by atoms with van der Waals surface area (Å²) in [5.74, 6) is -1.19. The molecule has 4 nitrogen and oxygen atoms in total. The van der Waals surface area contributed by atoms with Crippen LogP contribution in [0.25, 0.3) is 0 Å². The van der Waals surface area contributed by atoms with E-state index >= 15 is 0 Å². The number of hydrogen-bond acceptors (Lipinski definition) is 3. The van der Waals surface area contributed by atoms with Crippen LogP contribution < -0.4 is 5.73 Å². The summed E-state index contributed by atoms with van der Waals surface area (Å²) in [7, 11) is -2.65. The van der Waals surface area contributed by atoms with Crippen molar-refractivity contribution in [2.24, 2.45) is 0 Å². The SMILES string of the molecule is [NH]C(=O)C(c1ccccc1)=S(=O)=O. The predicted octanol–water partition coefficient (Wildman–Crippen LogP) is -0.104. The van der Waals surface area contributed by atoms with Gasteiger partial charge in [0.05, 0.1) is 0 Å². The van der Waals surface area contributed by atoms with E-state index in [-0.39, 0.29) is 5.56 Å². The highest BCUT2D eigenvalue weighted by atomic mass is 32.2. The van der Waals surface area contributed by atoms with Crippen molar-refractivity contribution in [3.63, 3.8) is 0 Å². The molecule has 1 amide bonds. The monoisotopic (exact) mass is 196 g/mol. The van der Waals surface area contributed by atoms with E-state index < -0.39 is 21.1 Å². The lowest BCUT2D eigenvalue weighted by molar-refractivity contribution is -0.112. The Morgan fingerprint density at radius 3 is 2.08 bits per heavy atom. The summed E-state index contributed by atoms with van der Waals surface area (Å²) in [6.07, 6.45) is 0. The first-order chi connectivity index (χ1) is 6.13. The van der Waals surface area contributed by atoms with E-state index in [2.05, 4.69) is 0 Å². The summed E-state index contributed by atoms with van der Waals surface area (Å²) < 4.78 is 21.1. The van der Waals surface area contributed by atoms with Gasteiger partial charge in [0.25, 0.3) is 5.91 Å². The first-order valence-electron chi connectivity index (χ1n) is 3.40. The average Bonchev–Trinajstić information content (AvgIpc) is 2.04. The molecule has 13 heavy (non-hydrogen) atoms. The average molecular weight is 196 g/mol. The zero-order valence-electron chi connectivity index (χ0n) is 6.52. The third-order valence-corrected chi connectivity index (χ3v) is 2.16. The van der Waals surface area contributed by atoms with Crippen LogP contribution in [0.3, 0.4) is 0 Å². The molecule has 67 valence electrons. The molecule has 0 aliphatic rings. The number of benzene rings is 1. The van der Waals surface area contributed by atoms with Crippen molar-refractivity contribution in [2.75, 3.05) is 0 Å². The first kappa shape index (κ1) is 9.47. The molecule has 0 aromatic heterocycles. The maximum atomic E-state index is 10.6. The first-order valence-corrected chi connectivity index (χ1v) is 4.48. The summed E-state index contributed by atoms with van der Waals surface area (Å²) >= 11 is 0. The van der Waals surface area contributed by atoms with E-state index in [0.717, 1.165) is 0 Å². The lowest BCUT2D eigenvalue weighted by atomic mass is 10.1. The molecule has 0 unspecified atom stereocenters. The van der Waals surface area contributed by atoms with Crippen LogP contribution in [-0.4, -0.2) is 19.2 Å². The van der Waals surface area contributed by atoms with E-state index in [1.54, 1.807) is 18.2 Å². The molecule has 0 saturated carbocycles. The van der Waals surface area contributed by atoms with Gasteiger partial charge in [0.2, 0.25) is 10.3 Å². The van der Waals surface area contributed by atoms with Gasteiger partial charge in [-0.2, -0.15) is 8.42 Å². The Kier molecular flexibility index (Phi) is 2.81. The summed E-state index contributed by atoms with van der Waals surface area (Å²) in [4.78, 5) is 10.1. The summed E-state index contributed by atoms with van der Waals surface area (Å²) in [5, 5.41) is 0. The molecule has 0 spiro atoms. The van der Waals surface area contributed by atoms with Crippen molar-refractivity contribution >= 4 is 21.1 Å². The van der Waals surface area contributed by atoms with E-state index in [1.165, 1.54) is 12.1 Å². The van der Waals surface area contributed by atoms with Crippen LogP contribution in [0.4, 0.5) is 0 Å². The Balaban J connectivity index is 3.38. The molecule has 0 aliphatic heterocycles. The summed E-state index contributed by atoms with van der Waals surface area (Å²) in [6, 6.07) is 7.84. The number of rotatable bonds is 2. The van der Waals surface area contributed by atoms with Crippen LogP contribution in [0.15, 0.2) is 30.3 Å². The molecule has 0 fully saturated rings. The van der Waals surface area contributed by atoms with Crippen LogP contribution >= 0.6 is 0 Å². The van der Waals surface area contributed by atoms with Crippen LogP contribution in [0.5, 0.6) is 0 Å². The van der Waals surface area contributed by atoms with Gasteiger partial charge in [-0.1, -0.05) is 30.3 Å². The molecule has 1 radical (unpaired) electrons. The molecule has 0 bridgehead atoms. The molecule has 0 saturated heterocycles. The zero-order chi connectivity index (χ0) is 9.84. The standard InChI is InChI=1S/C8H6NO3S/c9-8(10)7(13(11)12)6-4-2-1-3-5-6/h1-5,9H. The number of nitrogens with one attached hydrogen (secondary N) is 1. The summed E-state index contributed by atoms with van der Waals surface area (Å²) in [5.41, 5.74) is 6.98. The van der Waals surface area contributed by atoms with Crippen LogP contribution in [0.2, 0.25) is 0 Å². The normalized spacial score (nSPS) is 9.23. The van der Waals surface area contributed by atoms with Gasteiger partial charge in [0.15, 0.2) is 4.86 Å². The molecule has 0 aliphatic carbocycles.